The van der Waals surface area contributed by atoms with Gasteiger partial charge in [0, 0.05) is 37.4 Å². The molecule has 0 saturated carbocycles. The Morgan fingerprint density at radius 1 is 1.18 bits per heavy atom. The zero-order valence-corrected chi connectivity index (χ0v) is 23.0. The molecule has 0 unspecified atom stereocenters. The Morgan fingerprint density at radius 3 is 2.74 bits per heavy atom. The minimum absolute atomic E-state index is 0.167. The van der Waals surface area contributed by atoms with Crippen LogP contribution in [0, 0.1) is 18.3 Å². The van der Waals surface area contributed by atoms with Gasteiger partial charge in [0.2, 0.25) is 0 Å². The largest absolute Gasteiger partial charge is 0.462 e. The lowest BCUT2D eigenvalue weighted by Gasteiger charge is -2.40. The van der Waals surface area contributed by atoms with Crippen LogP contribution in [0.2, 0.25) is 5.15 Å². The fourth-order valence-electron chi connectivity index (χ4n) is 5.19. The van der Waals surface area contributed by atoms with E-state index >= 15 is 0 Å². The molecule has 5 rings (SSSR count). The number of fused-ring (bicyclic) bond motifs is 1. The van der Waals surface area contributed by atoms with Crippen LogP contribution in [0.1, 0.15) is 30.4 Å². The quantitative estimate of drug-likeness (QED) is 0.400. The summed E-state index contributed by atoms with van der Waals surface area (Å²) in [4.78, 5) is 32.8. The molecule has 204 valence electrons. The molecule has 3 aromatic rings. The number of aryl methyl sites for hydroxylation is 1. The van der Waals surface area contributed by atoms with Crippen LogP contribution in [0.25, 0.3) is 10.9 Å². The monoisotopic (exact) mass is 549 g/mol. The lowest BCUT2D eigenvalue weighted by atomic mass is 10.1. The maximum Gasteiger partial charge on any atom is 0.410 e. The summed E-state index contributed by atoms with van der Waals surface area (Å²) in [6.45, 7) is 4.90. The van der Waals surface area contributed by atoms with Crippen LogP contribution in [-0.4, -0.2) is 82.8 Å². The summed E-state index contributed by atoms with van der Waals surface area (Å²) < 4.78 is 11.7. The van der Waals surface area contributed by atoms with Gasteiger partial charge >= 0.3 is 12.1 Å². The van der Waals surface area contributed by atoms with Gasteiger partial charge in [-0.15, -0.1) is 0 Å². The van der Waals surface area contributed by atoms with E-state index in [4.69, 9.17) is 26.1 Å². The van der Waals surface area contributed by atoms with Crippen LogP contribution < -0.4 is 9.64 Å². The van der Waals surface area contributed by atoms with E-state index in [2.05, 4.69) is 32.9 Å². The van der Waals surface area contributed by atoms with E-state index in [9.17, 15) is 10.1 Å². The van der Waals surface area contributed by atoms with E-state index in [0.717, 1.165) is 35.9 Å². The Morgan fingerprint density at radius 2 is 2.00 bits per heavy atom. The number of piperazine rings is 1. The van der Waals surface area contributed by atoms with E-state index in [0.29, 0.717) is 48.8 Å². The Balaban J connectivity index is 1.37. The van der Waals surface area contributed by atoms with E-state index in [-0.39, 0.29) is 25.1 Å². The molecule has 11 heteroatoms. The number of benzene rings is 1. The van der Waals surface area contributed by atoms with Crippen LogP contribution in [0.15, 0.2) is 36.5 Å². The summed E-state index contributed by atoms with van der Waals surface area (Å²) in [5, 5.41) is 10.7. The van der Waals surface area contributed by atoms with Crippen molar-refractivity contribution in [1.82, 2.24) is 24.8 Å². The molecule has 2 aromatic heterocycles. The second-order valence-electron chi connectivity index (χ2n) is 10.0. The number of amides is 1. The first-order valence-corrected chi connectivity index (χ1v) is 13.6. The van der Waals surface area contributed by atoms with Crippen molar-refractivity contribution < 1.29 is 14.3 Å². The minimum atomic E-state index is -0.430. The van der Waals surface area contributed by atoms with Gasteiger partial charge in [0.1, 0.15) is 24.2 Å². The molecular formula is C28H32ClN7O3. The number of pyridine rings is 1. The van der Waals surface area contributed by atoms with Crippen LogP contribution in [0.4, 0.5) is 10.6 Å². The van der Waals surface area contributed by atoms with Gasteiger partial charge in [0.15, 0.2) is 0 Å². The molecule has 0 bridgehead atoms. The maximum absolute atomic E-state index is 13.0. The molecule has 2 aliphatic heterocycles. The highest BCUT2D eigenvalue weighted by Gasteiger charge is 2.33. The van der Waals surface area contributed by atoms with Gasteiger partial charge in [-0.1, -0.05) is 41.9 Å². The molecule has 1 amide bonds. The van der Waals surface area contributed by atoms with E-state index in [1.165, 1.54) is 0 Å². The summed E-state index contributed by atoms with van der Waals surface area (Å²) in [5.41, 5.74) is 2.33. The molecule has 1 aromatic carbocycles. The van der Waals surface area contributed by atoms with Crippen molar-refractivity contribution in [3.63, 3.8) is 0 Å². The summed E-state index contributed by atoms with van der Waals surface area (Å²) in [6.07, 6.45) is 3.63. The highest BCUT2D eigenvalue weighted by Crippen LogP contribution is 2.32. The molecule has 0 spiro atoms. The Bertz CT molecular complexity index is 1370. The Hall–Kier alpha value is -3.68. The number of likely N-dealkylation sites (N-methyl/N-ethyl adjacent to an activating group) is 1. The molecule has 0 radical (unpaired) electrons. The number of likely N-dealkylation sites (tertiary alicyclic amines) is 1. The first-order chi connectivity index (χ1) is 18.9. The molecule has 10 nitrogen and oxygen atoms in total. The van der Waals surface area contributed by atoms with Crippen LogP contribution in [0.5, 0.6) is 6.01 Å². The fourth-order valence-corrected chi connectivity index (χ4v) is 5.33. The minimum Gasteiger partial charge on any atom is -0.462 e. The average Bonchev–Trinajstić information content (AvgIpc) is 3.37. The smallest absolute Gasteiger partial charge is 0.410 e. The predicted octanol–water partition coefficient (Wildman–Crippen LogP) is 4.20. The number of halogens is 1. The third kappa shape index (κ3) is 6.00. The van der Waals surface area contributed by atoms with Gasteiger partial charge in [-0.3, -0.25) is 0 Å². The van der Waals surface area contributed by atoms with Gasteiger partial charge in [-0.05, 0) is 38.9 Å². The summed E-state index contributed by atoms with van der Waals surface area (Å²) in [7, 11) is 2.10. The molecule has 4 heterocycles. The van der Waals surface area contributed by atoms with Gasteiger partial charge in [-0.2, -0.15) is 15.2 Å². The zero-order chi connectivity index (χ0) is 27.4. The number of nitriles is 1. The third-order valence-corrected chi connectivity index (χ3v) is 7.88. The van der Waals surface area contributed by atoms with Crippen molar-refractivity contribution in [2.45, 2.75) is 44.9 Å². The van der Waals surface area contributed by atoms with Crippen molar-refractivity contribution >= 4 is 34.4 Å². The van der Waals surface area contributed by atoms with Crippen molar-refractivity contribution in [2.75, 3.05) is 44.7 Å². The Labute approximate surface area is 233 Å². The summed E-state index contributed by atoms with van der Waals surface area (Å²) >= 11 is 6.34. The molecule has 2 fully saturated rings. The first kappa shape index (κ1) is 26.9. The number of rotatable bonds is 7. The fraction of sp³-hybridized carbons (Fsp3) is 0.464. The van der Waals surface area contributed by atoms with E-state index in [1.54, 1.807) is 11.1 Å². The molecule has 2 saturated heterocycles. The van der Waals surface area contributed by atoms with Crippen LogP contribution in [0.3, 0.4) is 0 Å². The van der Waals surface area contributed by atoms with Gasteiger partial charge in [0.05, 0.1) is 29.4 Å². The topological polar surface area (TPSA) is 108 Å². The number of aromatic nitrogens is 3. The SMILES string of the molecule is Cc1c(Cl)ncc2c(N3CCN(C(=O)OCc4ccccc4)[C@@H](CC#N)C3)nc(OC[C@@H]3CCCN3C)nc12. The number of hydrogen-bond acceptors (Lipinski definition) is 9. The van der Waals surface area contributed by atoms with Gasteiger partial charge < -0.3 is 24.2 Å². The number of hydrogen-bond donors (Lipinski definition) is 0. The lowest BCUT2D eigenvalue weighted by Crippen LogP contribution is -2.55. The summed E-state index contributed by atoms with van der Waals surface area (Å²) in [6, 6.07) is 12.0. The van der Waals surface area contributed by atoms with E-state index in [1.807, 2.05) is 37.3 Å². The highest BCUT2D eigenvalue weighted by molar-refractivity contribution is 6.31. The second-order valence-corrected chi connectivity index (χ2v) is 10.4. The maximum atomic E-state index is 13.0. The normalized spacial score (nSPS) is 19.7. The van der Waals surface area contributed by atoms with Crippen molar-refractivity contribution in [2.24, 2.45) is 0 Å². The Kier molecular flexibility index (Phi) is 8.29. The lowest BCUT2D eigenvalue weighted by molar-refractivity contribution is 0.0768. The van der Waals surface area contributed by atoms with Crippen molar-refractivity contribution in [3.8, 4) is 12.1 Å². The molecule has 39 heavy (non-hydrogen) atoms. The molecule has 2 atom stereocenters. The standard InChI is InChI=1S/C28H32ClN7O3/c1-19-24-23(15-31-25(19)29)26(33-27(32-24)38-18-22-9-6-12-34(22)2)35-13-14-36(21(16-35)10-11-30)28(37)39-17-20-7-4-3-5-8-20/h3-5,7-8,15,21-22H,6,9-10,12-14,16-18H2,1-2H3/t21-,22-/m0/s1. The second kappa shape index (κ2) is 12.0. The number of ether oxygens (including phenoxy) is 2. The molecular weight excluding hydrogens is 518 g/mol. The average molecular weight is 550 g/mol. The molecule has 2 aliphatic rings. The summed E-state index contributed by atoms with van der Waals surface area (Å²) in [5.74, 6) is 0.655. The van der Waals surface area contributed by atoms with Gasteiger partial charge in [0.25, 0.3) is 0 Å². The number of nitrogens with zero attached hydrogens (tertiary/aromatic N) is 7. The number of carbonyl (C=O) groups excluding carboxylic acids is 1. The number of carbonyl (C=O) groups is 1. The first-order valence-electron chi connectivity index (χ1n) is 13.2. The molecule has 0 aliphatic carbocycles. The highest BCUT2D eigenvalue weighted by atomic mass is 35.5. The van der Waals surface area contributed by atoms with Crippen molar-refractivity contribution in [3.05, 3.63) is 52.8 Å². The molecule has 0 N–H and O–H groups in total. The number of anilines is 1. The third-order valence-electron chi connectivity index (χ3n) is 7.50. The zero-order valence-electron chi connectivity index (χ0n) is 22.2. The van der Waals surface area contributed by atoms with Crippen molar-refractivity contribution in [1.29, 1.82) is 5.26 Å². The van der Waals surface area contributed by atoms with Crippen LogP contribution in [-0.2, 0) is 11.3 Å². The van der Waals surface area contributed by atoms with E-state index < -0.39 is 6.09 Å². The predicted molar refractivity (Wildman–Crippen MR) is 148 cm³/mol. The van der Waals surface area contributed by atoms with Crippen LogP contribution >= 0.6 is 11.6 Å². The van der Waals surface area contributed by atoms with Gasteiger partial charge in [-0.25, -0.2) is 9.78 Å².